The second-order valence-corrected chi connectivity index (χ2v) is 6.46. The Balaban J connectivity index is 2.40. The third kappa shape index (κ3) is 4.43. The molecule has 0 bridgehead atoms. The van der Waals surface area contributed by atoms with E-state index in [1.807, 2.05) is 11.3 Å². The molecule has 80 valence electrons. The van der Waals surface area contributed by atoms with Crippen LogP contribution in [0.4, 0.5) is 0 Å². The van der Waals surface area contributed by atoms with E-state index in [1.54, 1.807) is 0 Å². The largest absolute Gasteiger partial charge is 0.299 e. The lowest BCUT2D eigenvalue weighted by atomic mass is 10.3. The zero-order valence-corrected chi connectivity index (χ0v) is 12.3. The van der Waals surface area contributed by atoms with Gasteiger partial charge in [0.15, 0.2) is 0 Å². The molecule has 0 aliphatic carbocycles. The van der Waals surface area contributed by atoms with Crippen LogP contribution in [0, 0.1) is 0 Å². The minimum Gasteiger partial charge on any atom is -0.299 e. The zero-order valence-electron chi connectivity index (χ0n) is 8.30. The van der Waals surface area contributed by atoms with Gasteiger partial charge in [-0.1, -0.05) is 22.9 Å². The highest BCUT2D eigenvalue weighted by molar-refractivity contribution is 9.11. The number of halogens is 2. The first-order chi connectivity index (χ1) is 6.76. The minimum atomic E-state index is 1.08. The van der Waals surface area contributed by atoms with E-state index < -0.39 is 0 Å². The molecule has 0 fully saturated rings. The van der Waals surface area contributed by atoms with E-state index in [9.17, 15) is 0 Å². The van der Waals surface area contributed by atoms with Gasteiger partial charge in [-0.25, -0.2) is 0 Å². The Morgan fingerprint density at radius 2 is 2.21 bits per heavy atom. The molecule has 0 saturated carbocycles. The maximum absolute atomic E-state index is 3.49. The molecular formula is C10H15Br2NS. The Morgan fingerprint density at radius 3 is 2.71 bits per heavy atom. The fourth-order valence-corrected chi connectivity index (χ4v) is 3.07. The van der Waals surface area contributed by atoms with Crippen LogP contribution in [0.3, 0.4) is 0 Å². The summed E-state index contributed by atoms with van der Waals surface area (Å²) in [6.07, 6.45) is 1.22. The molecule has 1 nitrogen and oxygen atoms in total. The predicted molar refractivity (Wildman–Crippen MR) is 71.4 cm³/mol. The Kier molecular flexibility index (Phi) is 6.33. The van der Waals surface area contributed by atoms with Crippen LogP contribution in [0.5, 0.6) is 0 Å². The van der Waals surface area contributed by atoms with Gasteiger partial charge in [0.2, 0.25) is 0 Å². The van der Waals surface area contributed by atoms with E-state index in [2.05, 4.69) is 55.8 Å². The van der Waals surface area contributed by atoms with Gasteiger partial charge < -0.3 is 0 Å². The highest BCUT2D eigenvalue weighted by atomic mass is 79.9. The summed E-state index contributed by atoms with van der Waals surface area (Å²) in [5.41, 5.74) is 0. The van der Waals surface area contributed by atoms with E-state index in [4.69, 9.17) is 0 Å². The first kappa shape index (κ1) is 12.7. The van der Waals surface area contributed by atoms with Crippen molar-refractivity contribution in [2.24, 2.45) is 0 Å². The predicted octanol–water partition coefficient (Wildman–Crippen LogP) is 4.12. The first-order valence-electron chi connectivity index (χ1n) is 4.78. The van der Waals surface area contributed by atoms with Crippen LogP contribution < -0.4 is 0 Å². The molecule has 0 amide bonds. The third-order valence-corrected chi connectivity index (χ3v) is 4.23. The highest BCUT2D eigenvalue weighted by Gasteiger charge is 2.04. The standard InChI is InChI=1S/C10H15Br2NS/c1-2-13(7-3-6-11)8-9-4-5-10(12)14-9/h4-5H,2-3,6-8H2,1H3. The van der Waals surface area contributed by atoms with Crippen molar-refractivity contribution in [3.63, 3.8) is 0 Å². The topological polar surface area (TPSA) is 3.24 Å². The Hall–Kier alpha value is 0.620. The zero-order chi connectivity index (χ0) is 10.4. The van der Waals surface area contributed by atoms with Gasteiger partial charge in [-0.3, -0.25) is 4.90 Å². The van der Waals surface area contributed by atoms with Gasteiger partial charge >= 0.3 is 0 Å². The summed E-state index contributed by atoms with van der Waals surface area (Å²) >= 11 is 8.78. The molecule has 0 aromatic carbocycles. The molecule has 0 spiro atoms. The van der Waals surface area contributed by atoms with E-state index in [0.29, 0.717) is 0 Å². The van der Waals surface area contributed by atoms with Crippen molar-refractivity contribution >= 4 is 43.2 Å². The lowest BCUT2D eigenvalue weighted by Gasteiger charge is -2.18. The molecule has 0 N–H and O–H groups in total. The van der Waals surface area contributed by atoms with Crippen molar-refractivity contribution < 1.29 is 0 Å². The molecule has 0 radical (unpaired) electrons. The van der Waals surface area contributed by atoms with Crippen molar-refractivity contribution in [2.45, 2.75) is 19.9 Å². The van der Waals surface area contributed by atoms with Crippen molar-refractivity contribution in [1.82, 2.24) is 4.90 Å². The molecule has 0 aliphatic heterocycles. The minimum absolute atomic E-state index is 1.08. The molecule has 4 heteroatoms. The van der Waals surface area contributed by atoms with E-state index in [1.165, 1.54) is 21.6 Å². The first-order valence-corrected chi connectivity index (χ1v) is 7.52. The van der Waals surface area contributed by atoms with Gasteiger partial charge in [0.05, 0.1) is 3.79 Å². The summed E-state index contributed by atoms with van der Waals surface area (Å²) in [6, 6.07) is 4.32. The number of hydrogen-bond donors (Lipinski definition) is 0. The molecule has 1 aromatic rings. The molecule has 0 aliphatic rings. The van der Waals surface area contributed by atoms with E-state index in [-0.39, 0.29) is 0 Å². The second kappa shape index (κ2) is 6.99. The number of thiophene rings is 1. The normalized spacial score (nSPS) is 11.1. The van der Waals surface area contributed by atoms with Crippen LogP contribution in [0.25, 0.3) is 0 Å². The van der Waals surface area contributed by atoms with Crippen molar-refractivity contribution in [3.8, 4) is 0 Å². The Morgan fingerprint density at radius 1 is 1.43 bits per heavy atom. The fraction of sp³-hybridized carbons (Fsp3) is 0.600. The molecule has 1 aromatic heterocycles. The van der Waals surface area contributed by atoms with Crippen LogP contribution in [0.2, 0.25) is 0 Å². The molecule has 0 unspecified atom stereocenters. The van der Waals surface area contributed by atoms with Gasteiger partial charge in [0.1, 0.15) is 0 Å². The molecule has 14 heavy (non-hydrogen) atoms. The molecule has 1 rings (SSSR count). The van der Waals surface area contributed by atoms with Crippen molar-refractivity contribution in [1.29, 1.82) is 0 Å². The average molecular weight is 341 g/mol. The smallest absolute Gasteiger partial charge is 0.0701 e. The number of nitrogens with zero attached hydrogens (tertiary/aromatic N) is 1. The molecule has 0 saturated heterocycles. The van der Waals surface area contributed by atoms with Crippen LogP contribution in [-0.4, -0.2) is 23.3 Å². The Bertz CT molecular complexity index is 262. The summed E-state index contributed by atoms with van der Waals surface area (Å²) < 4.78 is 1.23. The van der Waals surface area contributed by atoms with Gasteiger partial charge in [0, 0.05) is 16.8 Å². The van der Waals surface area contributed by atoms with Crippen molar-refractivity contribution in [2.75, 3.05) is 18.4 Å². The maximum atomic E-state index is 3.49. The summed E-state index contributed by atoms with van der Waals surface area (Å²) in [6.45, 7) is 5.61. The van der Waals surface area contributed by atoms with E-state index in [0.717, 1.165) is 18.4 Å². The quantitative estimate of drug-likeness (QED) is 0.704. The van der Waals surface area contributed by atoms with Crippen LogP contribution in [-0.2, 0) is 6.54 Å². The monoisotopic (exact) mass is 339 g/mol. The van der Waals surface area contributed by atoms with Gasteiger partial charge in [-0.05, 0) is 47.6 Å². The maximum Gasteiger partial charge on any atom is 0.0701 e. The lowest BCUT2D eigenvalue weighted by molar-refractivity contribution is 0.284. The average Bonchev–Trinajstić information content (AvgIpc) is 2.58. The third-order valence-electron chi connectivity index (χ3n) is 2.06. The second-order valence-electron chi connectivity index (χ2n) is 3.12. The summed E-state index contributed by atoms with van der Waals surface area (Å²) in [5, 5.41) is 1.09. The highest BCUT2D eigenvalue weighted by Crippen LogP contribution is 2.23. The van der Waals surface area contributed by atoms with Crippen LogP contribution in [0.1, 0.15) is 18.2 Å². The van der Waals surface area contributed by atoms with Crippen LogP contribution >= 0.6 is 43.2 Å². The molecular weight excluding hydrogens is 326 g/mol. The number of alkyl halides is 1. The fourth-order valence-electron chi connectivity index (χ4n) is 1.29. The summed E-state index contributed by atoms with van der Waals surface area (Å²) in [5.74, 6) is 0. The number of hydrogen-bond acceptors (Lipinski definition) is 2. The van der Waals surface area contributed by atoms with Crippen LogP contribution in [0.15, 0.2) is 15.9 Å². The van der Waals surface area contributed by atoms with Gasteiger partial charge in [0.25, 0.3) is 0 Å². The number of rotatable bonds is 6. The molecule has 1 heterocycles. The summed E-state index contributed by atoms with van der Waals surface area (Å²) in [4.78, 5) is 3.91. The van der Waals surface area contributed by atoms with E-state index >= 15 is 0 Å². The van der Waals surface area contributed by atoms with Crippen molar-refractivity contribution in [3.05, 3.63) is 20.8 Å². The summed E-state index contributed by atoms with van der Waals surface area (Å²) in [7, 11) is 0. The molecule has 0 atom stereocenters. The Labute approximate surface area is 107 Å². The lowest BCUT2D eigenvalue weighted by Crippen LogP contribution is -2.23. The van der Waals surface area contributed by atoms with Gasteiger partial charge in [-0.15, -0.1) is 11.3 Å². The SMILES string of the molecule is CCN(CCCBr)Cc1ccc(Br)s1. The van der Waals surface area contributed by atoms with Gasteiger partial charge in [-0.2, -0.15) is 0 Å².